The number of anilines is 1. The summed E-state index contributed by atoms with van der Waals surface area (Å²) in [7, 11) is 0. The lowest BCUT2D eigenvalue weighted by atomic mass is 9.71. The van der Waals surface area contributed by atoms with Crippen molar-refractivity contribution in [1.29, 1.82) is 0 Å². The zero-order chi connectivity index (χ0) is 17.0. The number of carbonyl (C=O) groups excluding carboxylic acids is 1. The third-order valence-electron chi connectivity index (χ3n) is 5.55. The summed E-state index contributed by atoms with van der Waals surface area (Å²) in [5.41, 5.74) is 6.09. The van der Waals surface area contributed by atoms with Crippen molar-refractivity contribution in [3.63, 3.8) is 0 Å². The van der Waals surface area contributed by atoms with Crippen LogP contribution in [0.15, 0.2) is 0 Å². The first-order valence-electron chi connectivity index (χ1n) is 9.21. The number of rotatable bonds is 5. The fourth-order valence-electron chi connectivity index (χ4n) is 3.85. The fraction of sp³-hybridized carbons (Fsp3) is 0.824. The van der Waals surface area contributed by atoms with Gasteiger partial charge in [-0.25, -0.2) is 4.98 Å². The lowest BCUT2D eigenvalue weighted by Gasteiger charge is -2.39. The molecule has 0 spiro atoms. The summed E-state index contributed by atoms with van der Waals surface area (Å²) in [6.07, 6.45) is 7.44. The van der Waals surface area contributed by atoms with Crippen molar-refractivity contribution in [3.8, 4) is 0 Å². The van der Waals surface area contributed by atoms with Crippen molar-refractivity contribution in [2.45, 2.75) is 51.9 Å². The van der Waals surface area contributed by atoms with Crippen LogP contribution >= 0.6 is 36.3 Å². The van der Waals surface area contributed by atoms with Crippen molar-refractivity contribution in [2.75, 3.05) is 37.6 Å². The first-order valence-corrected chi connectivity index (χ1v) is 9.98. The molecule has 1 saturated carbocycles. The maximum Gasteiger partial charge on any atom is 0.223 e. The Balaban J connectivity index is 0.00000169. The molecule has 0 unspecified atom stereocenters. The highest BCUT2D eigenvalue weighted by Crippen LogP contribution is 2.38. The van der Waals surface area contributed by atoms with Gasteiger partial charge in [-0.2, -0.15) is 4.37 Å². The van der Waals surface area contributed by atoms with E-state index in [2.05, 4.69) is 21.2 Å². The van der Waals surface area contributed by atoms with Crippen LogP contribution in [0.5, 0.6) is 0 Å². The SMILES string of the molecule is CCc1nsc(N2CCN(C(=O)CC3(CN)CCCCC3)CC2)n1.Cl.Cl. The molecule has 1 aromatic heterocycles. The first kappa shape index (κ1) is 23.4. The highest BCUT2D eigenvalue weighted by molar-refractivity contribution is 7.09. The molecule has 0 aromatic carbocycles. The molecule has 9 heteroatoms. The number of aryl methyl sites for hydroxylation is 1. The first-order chi connectivity index (χ1) is 11.7. The van der Waals surface area contributed by atoms with E-state index in [0.717, 1.165) is 56.4 Å². The van der Waals surface area contributed by atoms with Gasteiger partial charge < -0.3 is 15.5 Å². The Morgan fingerprint density at radius 2 is 1.81 bits per heavy atom. The standard InChI is InChI=1S/C17H29N5OS.2ClH/c1-2-14-19-16(24-20-14)22-10-8-21(9-11-22)15(23)12-17(13-18)6-4-3-5-7-17;;/h2-13,18H2,1H3;2*1H. The van der Waals surface area contributed by atoms with Crippen molar-refractivity contribution < 1.29 is 4.79 Å². The zero-order valence-electron chi connectivity index (χ0n) is 15.5. The number of nitrogens with two attached hydrogens (primary N) is 1. The molecule has 1 aliphatic carbocycles. The second-order valence-electron chi connectivity index (χ2n) is 7.16. The zero-order valence-corrected chi connectivity index (χ0v) is 17.9. The van der Waals surface area contributed by atoms with Gasteiger partial charge >= 0.3 is 0 Å². The Morgan fingerprint density at radius 1 is 1.15 bits per heavy atom. The lowest BCUT2D eigenvalue weighted by molar-refractivity contribution is -0.134. The van der Waals surface area contributed by atoms with E-state index in [-0.39, 0.29) is 36.1 Å². The van der Waals surface area contributed by atoms with E-state index >= 15 is 0 Å². The molecule has 1 aliphatic heterocycles. The third-order valence-corrected chi connectivity index (χ3v) is 6.36. The molecule has 0 bridgehead atoms. The number of nitrogens with zero attached hydrogens (tertiary/aromatic N) is 4. The van der Waals surface area contributed by atoms with E-state index in [1.54, 1.807) is 0 Å². The smallest absolute Gasteiger partial charge is 0.223 e. The van der Waals surface area contributed by atoms with Crippen LogP contribution in [0.4, 0.5) is 5.13 Å². The molecule has 1 saturated heterocycles. The van der Waals surface area contributed by atoms with Gasteiger partial charge in [0, 0.05) is 50.6 Å². The van der Waals surface area contributed by atoms with Crippen LogP contribution < -0.4 is 10.6 Å². The second kappa shape index (κ2) is 10.6. The second-order valence-corrected chi connectivity index (χ2v) is 7.89. The van der Waals surface area contributed by atoms with Gasteiger partial charge in [0.25, 0.3) is 0 Å². The van der Waals surface area contributed by atoms with Crippen molar-refractivity contribution >= 4 is 47.4 Å². The van der Waals surface area contributed by atoms with Crippen molar-refractivity contribution in [3.05, 3.63) is 5.82 Å². The summed E-state index contributed by atoms with van der Waals surface area (Å²) in [6, 6.07) is 0. The molecule has 0 atom stereocenters. The average Bonchev–Trinajstić information content (AvgIpc) is 3.12. The maximum atomic E-state index is 12.8. The minimum absolute atomic E-state index is 0. The quantitative estimate of drug-likeness (QED) is 0.787. The molecule has 2 heterocycles. The minimum atomic E-state index is 0. The highest BCUT2D eigenvalue weighted by Gasteiger charge is 2.35. The molecule has 3 rings (SSSR count). The van der Waals surface area contributed by atoms with Crippen LogP contribution in [0.25, 0.3) is 0 Å². The lowest BCUT2D eigenvalue weighted by Crippen LogP contribution is -2.50. The molecular formula is C17H31Cl2N5OS. The Bertz CT molecular complexity index is 557. The monoisotopic (exact) mass is 423 g/mol. The molecule has 26 heavy (non-hydrogen) atoms. The van der Waals surface area contributed by atoms with Gasteiger partial charge in [-0.05, 0) is 24.8 Å². The van der Waals surface area contributed by atoms with Gasteiger partial charge in [0.15, 0.2) is 0 Å². The van der Waals surface area contributed by atoms with Crippen LogP contribution in [0.2, 0.25) is 0 Å². The van der Waals surface area contributed by atoms with Crippen LogP contribution in [-0.2, 0) is 11.2 Å². The Morgan fingerprint density at radius 3 is 2.35 bits per heavy atom. The van der Waals surface area contributed by atoms with Gasteiger partial charge in [0.05, 0.1) is 0 Å². The molecule has 1 amide bonds. The van der Waals surface area contributed by atoms with Crippen molar-refractivity contribution in [1.82, 2.24) is 14.3 Å². The van der Waals surface area contributed by atoms with Crippen molar-refractivity contribution in [2.24, 2.45) is 11.1 Å². The van der Waals surface area contributed by atoms with Gasteiger partial charge in [-0.1, -0.05) is 26.2 Å². The van der Waals surface area contributed by atoms with Gasteiger partial charge in [0.1, 0.15) is 5.82 Å². The summed E-state index contributed by atoms with van der Waals surface area (Å²) in [6.45, 7) is 5.96. The molecule has 2 N–H and O–H groups in total. The van der Waals surface area contributed by atoms with Crippen LogP contribution in [0.1, 0.15) is 51.3 Å². The van der Waals surface area contributed by atoms with Gasteiger partial charge in [0.2, 0.25) is 11.0 Å². The van der Waals surface area contributed by atoms with E-state index in [1.807, 2.05) is 4.90 Å². The van der Waals surface area contributed by atoms with E-state index in [1.165, 1.54) is 30.8 Å². The summed E-state index contributed by atoms with van der Waals surface area (Å²) < 4.78 is 4.36. The number of piperazine rings is 1. The number of aromatic nitrogens is 2. The average molecular weight is 424 g/mol. The number of hydrogen-bond acceptors (Lipinski definition) is 6. The number of carbonyl (C=O) groups is 1. The molecule has 150 valence electrons. The summed E-state index contributed by atoms with van der Waals surface area (Å²) in [5, 5.41) is 0.990. The van der Waals surface area contributed by atoms with Gasteiger partial charge in [-0.3, -0.25) is 4.79 Å². The number of amides is 1. The normalized spacial score (nSPS) is 19.5. The Labute approximate surface area is 172 Å². The largest absolute Gasteiger partial charge is 0.343 e. The van der Waals surface area contributed by atoms with Crippen LogP contribution in [0.3, 0.4) is 0 Å². The molecule has 2 fully saturated rings. The molecule has 1 aromatic rings. The van der Waals surface area contributed by atoms with Gasteiger partial charge in [-0.15, -0.1) is 24.8 Å². The van der Waals surface area contributed by atoms with Crippen LogP contribution in [-0.4, -0.2) is 52.9 Å². The fourth-order valence-corrected chi connectivity index (χ4v) is 4.65. The molecular weight excluding hydrogens is 393 g/mol. The topological polar surface area (TPSA) is 75.4 Å². The summed E-state index contributed by atoms with van der Waals surface area (Å²) in [4.78, 5) is 21.6. The number of halogens is 2. The predicted molar refractivity (Wildman–Crippen MR) is 112 cm³/mol. The third kappa shape index (κ3) is 5.44. The van der Waals surface area contributed by atoms with E-state index in [4.69, 9.17) is 5.73 Å². The number of hydrogen-bond donors (Lipinski definition) is 1. The molecule has 0 radical (unpaired) electrons. The summed E-state index contributed by atoms with van der Waals surface area (Å²) >= 11 is 1.47. The Kier molecular flexibility index (Phi) is 9.58. The maximum absolute atomic E-state index is 12.8. The van der Waals surface area contributed by atoms with E-state index in [0.29, 0.717) is 13.0 Å². The van der Waals surface area contributed by atoms with Crippen LogP contribution in [0, 0.1) is 5.41 Å². The molecule has 2 aliphatic rings. The minimum Gasteiger partial charge on any atom is -0.343 e. The summed E-state index contributed by atoms with van der Waals surface area (Å²) in [5.74, 6) is 1.20. The highest BCUT2D eigenvalue weighted by atomic mass is 35.5. The Hall–Kier alpha value is -0.630. The molecule has 6 nitrogen and oxygen atoms in total. The van der Waals surface area contributed by atoms with E-state index < -0.39 is 0 Å². The predicted octanol–water partition coefficient (Wildman–Crippen LogP) is 2.89. The van der Waals surface area contributed by atoms with E-state index in [9.17, 15) is 4.79 Å².